The smallest absolute Gasteiger partial charge is 0.263 e. The van der Waals surface area contributed by atoms with Gasteiger partial charge in [-0.05, 0) is 12.5 Å². The molecule has 0 fully saturated rings. The monoisotopic (exact) mass is 434 g/mol. The van der Waals surface area contributed by atoms with Gasteiger partial charge >= 0.3 is 0 Å². The molecule has 7 nitrogen and oxygen atoms in total. The predicted octanol–water partition coefficient (Wildman–Crippen LogP) is 2.78. The number of methoxy groups -OCH3 is 2. The van der Waals surface area contributed by atoms with Crippen LogP contribution in [-0.4, -0.2) is 38.9 Å². The van der Waals surface area contributed by atoms with E-state index in [2.05, 4.69) is 4.99 Å². The summed E-state index contributed by atoms with van der Waals surface area (Å²) in [5.41, 5.74) is 1.49. The molecule has 1 aromatic heterocycles. The quantitative estimate of drug-likeness (QED) is 0.571. The molecular formula is C20H22N2O5S2. The molecule has 3 rings (SSSR count). The van der Waals surface area contributed by atoms with Gasteiger partial charge in [-0.2, -0.15) is 4.99 Å². The van der Waals surface area contributed by atoms with E-state index in [1.54, 1.807) is 38.5 Å². The first kappa shape index (κ1) is 21.1. The van der Waals surface area contributed by atoms with E-state index >= 15 is 0 Å². The Morgan fingerprint density at radius 2 is 1.76 bits per heavy atom. The van der Waals surface area contributed by atoms with Gasteiger partial charge in [0.25, 0.3) is 5.91 Å². The van der Waals surface area contributed by atoms with Gasteiger partial charge in [0.05, 0.1) is 30.2 Å². The average molecular weight is 435 g/mol. The largest absolute Gasteiger partial charge is 0.493 e. The Balaban J connectivity index is 1.93. The summed E-state index contributed by atoms with van der Waals surface area (Å²) in [6.45, 7) is 2.50. The number of thiazole rings is 1. The minimum atomic E-state index is -3.61. The topological polar surface area (TPSA) is 87.0 Å². The standard InChI is InChI=1S/C20H22N2O5S2/c1-4-22-15-10-16(26-2)17(27-3)11-18(15)28-20(22)21-19(23)13-29(24,25)12-14-8-6-5-7-9-14/h5-11H,4,12-13H2,1-3H3. The highest BCUT2D eigenvalue weighted by atomic mass is 32.2. The van der Waals surface area contributed by atoms with Gasteiger partial charge in [-0.3, -0.25) is 4.79 Å². The van der Waals surface area contributed by atoms with Crippen LogP contribution >= 0.6 is 11.3 Å². The number of aryl methyl sites for hydroxylation is 1. The molecule has 0 unspecified atom stereocenters. The van der Waals surface area contributed by atoms with E-state index in [1.807, 2.05) is 29.7 Å². The summed E-state index contributed by atoms with van der Waals surface area (Å²) < 4.78 is 38.1. The van der Waals surface area contributed by atoms with Crippen molar-refractivity contribution in [1.82, 2.24) is 4.57 Å². The second-order valence-corrected chi connectivity index (χ2v) is 9.40. The number of hydrogen-bond acceptors (Lipinski definition) is 6. The zero-order chi connectivity index (χ0) is 21.0. The first-order valence-electron chi connectivity index (χ1n) is 8.94. The fourth-order valence-electron chi connectivity index (χ4n) is 2.99. The normalized spacial score (nSPS) is 12.3. The second-order valence-electron chi connectivity index (χ2n) is 6.33. The van der Waals surface area contributed by atoms with E-state index in [9.17, 15) is 13.2 Å². The van der Waals surface area contributed by atoms with Crippen molar-refractivity contribution in [3.05, 3.63) is 52.8 Å². The van der Waals surface area contributed by atoms with Gasteiger partial charge in [0.2, 0.25) is 0 Å². The zero-order valence-electron chi connectivity index (χ0n) is 16.4. The summed E-state index contributed by atoms with van der Waals surface area (Å²) in [6.07, 6.45) is 0. The van der Waals surface area contributed by atoms with Crippen LogP contribution < -0.4 is 14.3 Å². The van der Waals surface area contributed by atoms with Crippen LogP contribution in [0.1, 0.15) is 12.5 Å². The van der Waals surface area contributed by atoms with Gasteiger partial charge in [-0.15, -0.1) is 0 Å². The zero-order valence-corrected chi connectivity index (χ0v) is 18.0. The van der Waals surface area contributed by atoms with Crippen molar-refractivity contribution >= 4 is 37.3 Å². The molecule has 0 atom stereocenters. The molecule has 0 N–H and O–H groups in total. The number of nitrogens with zero attached hydrogens (tertiary/aromatic N) is 2. The van der Waals surface area contributed by atoms with Crippen LogP contribution in [0.25, 0.3) is 10.2 Å². The van der Waals surface area contributed by atoms with Crippen molar-refractivity contribution in [3.8, 4) is 11.5 Å². The lowest BCUT2D eigenvalue weighted by molar-refractivity contribution is -0.115. The third-order valence-electron chi connectivity index (χ3n) is 4.30. The van der Waals surface area contributed by atoms with Crippen molar-refractivity contribution in [1.29, 1.82) is 0 Å². The van der Waals surface area contributed by atoms with Crippen molar-refractivity contribution < 1.29 is 22.7 Å². The SMILES string of the molecule is CCn1c(=NC(=O)CS(=O)(=O)Cc2ccccc2)sc2cc(OC)c(OC)cc21. The molecule has 0 aliphatic heterocycles. The van der Waals surface area contributed by atoms with Gasteiger partial charge in [-0.25, -0.2) is 8.42 Å². The Bertz CT molecular complexity index is 1190. The Hall–Kier alpha value is -2.65. The molecule has 29 heavy (non-hydrogen) atoms. The highest BCUT2D eigenvalue weighted by molar-refractivity contribution is 7.91. The number of rotatable bonds is 7. The van der Waals surface area contributed by atoms with Crippen molar-refractivity contribution in [2.45, 2.75) is 19.2 Å². The van der Waals surface area contributed by atoms with Crippen LogP contribution in [0.2, 0.25) is 0 Å². The van der Waals surface area contributed by atoms with E-state index in [1.165, 1.54) is 11.3 Å². The lowest BCUT2D eigenvalue weighted by Gasteiger charge is -2.08. The summed E-state index contributed by atoms with van der Waals surface area (Å²) >= 11 is 1.30. The summed E-state index contributed by atoms with van der Waals surface area (Å²) in [4.78, 5) is 16.9. The second kappa shape index (κ2) is 8.79. The number of fused-ring (bicyclic) bond motifs is 1. The first-order chi connectivity index (χ1) is 13.9. The van der Waals surface area contributed by atoms with Gasteiger partial charge in [0.15, 0.2) is 26.1 Å². The Labute approximate surface area is 173 Å². The van der Waals surface area contributed by atoms with Crippen LogP contribution in [0.3, 0.4) is 0 Å². The van der Waals surface area contributed by atoms with E-state index in [-0.39, 0.29) is 5.75 Å². The molecule has 0 radical (unpaired) electrons. The predicted molar refractivity (Wildman–Crippen MR) is 113 cm³/mol. The molecular weight excluding hydrogens is 412 g/mol. The van der Waals surface area contributed by atoms with Gasteiger partial charge in [0, 0.05) is 18.7 Å². The minimum absolute atomic E-state index is 0.191. The highest BCUT2D eigenvalue weighted by Crippen LogP contribution is 2.33. The lowest BCUT2D eigenvalue weighted by Crippen LogP contribution is -2.21. The molecule has 1 heterocycles. The van der Waals surface area contributed by atoms with Crippen molar-refractivity contribution in [3.63, 3.8) is 0 Å². The van der Waals surface area contributed by atoms with Crippen molar-refractivity contribution in [2.24, 2.45) is 4.99 Å². The molecule has 1 amide bonds. The summed E-state index contributed by atoms with van der Waals surface area (Å²) in [5.74, 6) is -0.360. The average Bonchev–Trinajstić information content (AvgIpc) is 3.02. The molecule has 0 aliphatic carbocycles. The van der Waals surface area contributed by atoms with E-state index < -0.39 is 21.5 Å². The molecule has 9 heteroatoms. The summed E-state index contributed by atoms with van der Waals surface area (Å²) in [6, 6.07) is 12.4. The number of benzene rings is 2. The van der Waals surface area contributed by atoms with Gasteiger partial charge in [-0.1, -0.05) is 41.7 Å². The number of hydrogen-bond donors (Lipinski definition) is 0. The number of carbonyl (C=O) groups excluding carboxylic acids is 1. The maximum absolute atomic E-state index is 12.4. The third kappa shape index (κ3) is 4.86. The van der Waals surface area contributed by atoms with E-state index in [4.69, 9.17) is 9.47 Å². The number of sulfone groups is 1. The molecule has 0 saturated heterocycles. The minimum Gasteiger partial charge on any atom is -0.493 e. The van der Waals surface area contributed by atoms with Crippen LogP contribution in [0.5, 0.6) is 11.5 Å². The Morgan fingerprint density at radius 1 is 1.10 bits per heavy atom. The maximum atomic E-state index is 12.4. The molecule has 2 aromatic carbocycles. The molecule has 0 aliphatic rings. The lowest BCUT2D eigenvalue weighted by atomic mass is 10.2. The van der Waals surface area contributed by atoms with Crippen LogP contribution in [0.15, 0.2) is 47.5 Å². The van der Waals surface area contributed by atoms with Crippen LogP contribution in [-0.2, 0) is 26.9 Å². The highest BCUT2D eigenvalue weighted by Gasteiger charge is 2.18. The van der Waals surface area contributed by atoms with E-state index in [0.717, 1.165) is 10.2 Å². The summed E-state index contributed by atoms with van der Waals surface area (Å²) in [7, 11) is -0.505. The van der Waals surface area contributed by atoms with E-state index in [0.29, 0.717) is 28.4 Å². The van der Waals surface area contributed by atoms with Gasteiger partial charge in [0.1, 0.15) is 5.75 Å². The van der Waals surface area contributed by atoms with Crippen LogP contribution in [0, 0.1) is 0 Å². The molecule has 0 saturated carbocycles. The van der Waals surface area contributed by atoms with Gasteiger partial charge < -0.3 is 14.0 Å². The third-order valence-corrected chi connectivity index (χ3v) is 6.80. The number of carbonyl (C=O) groups is 1. The fraction of sp³-hybridized carbons (Fsp3) is 0.300. The summed E-state index contributed by atoms with van der Waals surface area (Å²) in [5, 5.41) is 0. The Morgan fingerprint density at radius 3 is 2.38 bits per heavy atom. The Kier molecular flexibility index (Phi) is 6.39. The van der Waals surface area contributed by atoms with Crippen molar-refractivity contribution in [2.75, 3.05) is 20.0 Å². The maximum Gasteiger partial charge on any atom is 0.263 e. The number of ether oxygens (including phenoxy) is 2. The molecule has 0 bridgehead atoms. The fourth-order valence-corrected chi connectivity index (χ4v) is 5.36. The first-order valence-corrected chi connectivity index (χ1v) is 11.6. The molecule has 154 valence electrons. The number of amides is 1. The number of aromatic nitrogens is 1. The molecule has 3 aromatic rings. The molecule has 0 spiro atoms. The van der Waals surface area contributed by atoms with Crippen LogP contribution in [0.4, 0.5) is 0 Å².